The Morgan fingerprint density at radius 1 is 0.938 bits per heavy atom. The summed E-state index contributed by atoms with van der Waals surface area (Å²) < 4.78 is 13.1. The van der Waals surface area contributed by atoms with Crippen LogP contribution in [0, 0.1) is 5.82 Å². The smallest absolute Gasteiger partial charge is 0.251 e. The Morgan fingerprint density at radius 3 is 2.31 bits per heavy atom. The molecule has 166 valence electrons. The highest BCUT2D eigenvalue weighted by atomic mass is 19.1. The maximum Gasteiger partial charge on any atom is 0.251 e. The summed E-state index contributed by atoms with van der Waals surface area (Å²) in [6.45, 7) is 5.52. The third-order valence-electron chi connectivity index (χ3n) is 6.48. The van der Waals surface area contributed by atoms with Crippen molar-refractivity contribution in [1.29, 1.82) is 0 Å². The molecule has 1 fully saturated rings. The van der Waals surface area contributed by atoms with Crippen molar-refractivity contribution in [2.45, 2.75) is 45.2 Å². The lowest BCUT2D eigenvalue weighted by Gasteiger charge is -2.33. The number of benzene rings is 3. The minimum atomic E-state index is -0.186. The maximum atomic E-state index is 13.1. The van der Waals surface area contributed by atoms with E-state index in [0.717, 1.165) is 55.6 Å². The van der Waals surface area contributed by atoms with Crippen molar-refractivity contribution in [2.75, 3.05) is 13.1 Å². The molecule has 4 heteroatoms. The number of nitrogens with one attached hydrogen (secondary N) is 1. The molecule has 3 aromatic carbocycles. The summed E-state index contributed by atoms with van der Waals surface area (Å²) in [5.41, 5.74) is 5.54. The molecule has 0 aliphatic carbocycles. The zero-order valence-corrected chi connectivity index (χ0v) is 18.7. The Morgan fingerprint density at radius 2 is 1.59 bits per heavy atom. The normalized spacial score (nSPS) is 14.9. The fourth-order valence-electron chi connectivity index (χ4n) is 4.66. The monoisotopic (exact) mass is 430 g/mol. The van der Waals surface area contributed by atoms with Gasteiger partial charge in [-0.1, -0.05) is 61.5 Å². The van der Waals surface area contributed by atoms with Gasteiger partial charge in [0.05, 0.1) is 0 Å². The van der Waals surface area contributed by atoms with E-state index in [-0.39, 0.29) is 11.7 Å². The Hall–Kier alpha value is -2.98. The lowest BCUT2D eigenvalue weighted by atomic mass is 9.86. The van der Waals surface area contributed by atoms with E-state index in [1.807, 2.05) is 36.4 Å². The first kappa shape index (κ1) is 22.2. The zero-order chi connectivity index (χ0) is 22.3. The molecule has 0 radical (unpaired) electrons. The molecule has 0 spiro atoms. The summed E-state index contributed by atoms with van der Waals surface area (Å²) in [6, 6.07) is 23.1. The number of halogens is 1. The van der Waals surface area contributed by atoms with Gasteiger partial charge in [-0.2, -0.15) is 0 Å². The van der Waals surface area contributed by atoms with Crippen LogP contribution < -0.4 is 5.32 Å². The fraction of sp³-hybridized carbons (Fsp3) is 0.321. The number of hydrogen-bond donors (Lipinski definition) is 1. The molecule has 1 N–H and O–H groups in total. The van der Waals surface area contributed by atoms with E-state index in [2.05, 4.69) is 41.4 Å². The number of hydrogen-bond acceptors (Lipinski definition) is 2. The number of nitrogens with zero attached hydrogens (tertiary/aromatic N) is 1. The average Bonchev–Trinajstić information content (AvgIpc) is 2.84. The van der Waals surface area contributed by atoms with Gasteiger partial charge in [0.2, 0.25) is 0 Å². The molecule has 3 nitrogen and oxygen atoms in total. The number of likely N-dealkylation sites (tertiary alicyclic amines) is 1. The minimum Gasteiger partial charge on any atom is -0.348 e. The SMILES string of the molecule is CCc1ccccc1C(=O)NCc1ccccc1C1CCN(Cc2ccc(F)cc2)CC1. The molecule has 0 bridgehead atoms. The van der Waals surface area contributed by atoms with E-state index in [4.69, 9.17) is 0 Å². The van der Waals surface area contributed by atoms with Crippen LogP contribution in [0.2, 0.25) is 0 Å². The number of aryl methyl sites for hydroxylation is 1. The van der Waals surface area contributed by atoms with Gasteiger partial charge in [0.25, 0.3) is 5.91 Å². The summed E-state index contributed by atoms with van der Waals surface area (Å²) in [5.74, 6) is 0.302. The lowest BCUT2D eigenvalue weighted by molar-refractivity contribution is 0.0950. The van der Waals surface area contributed by atoms with Crippen LogP contribution in [0.4, 0.5) is 4.39 Å². The predicted molar refractivity (Wildman–Crippen MR) is 127 cm³/mol. The van der Waals surface area contributed by atoms with Gasteiger partial charge >= 0.3 is 0 Å². The quantitative estimate of drug-likeness (QED) is 0.522. The molecule has 0 atom stereocenters. The van der Waals surface area contributed by atoms with Crippen molar-refractivity contribution in [3.8, 4) is 0 Å². The van der Waals surface area contributed by atoms with E-state index < -0.39 is 0 Å². The summed E-state index contributed by atoms with van der Waals surface area (Å²) in [6.07, 6.45) is 3.02. The van der Waals surface area contributed by atoms with Gasteiger partial charge in [0.15, 0.2) is 0 Å². The molecule has 0 unspecified atom stereocenters. The minimum absolute atomic E-state index is 0.00799. The van der Waals surface area contributed by atoms with E-state index in [0.29, 0.717) is 12.5 Å². The average molecular weight is 431 g/mol. The fourth-order valence-corrected chi connectivity index (χ4v) is 4.66. The van der Waals surface area contributed by atoms with Crippen LogP contribution in [0.5, 0.6) is 0 Å². The highest BCUT2D eigenvalue weighted by molar-refractivity contribution is 5.95. The van der Waals surface area contributed by atoms with Crippen molar-refractivity contribution in [3.05, 3.63) is 106 Å². The lowest BCUT2D eigenvalue weighted by Crippen LogP contribution is -2.33. The highest BCUT2D eigenvalue weighted by Gasteiger charge is 2.22. The zero-order valence-electron chi connectivity index (χ0n) is 18.7. The molecule has 1 saturated heterocycles. The number of carbonyl (C=O) groups is 1. The van der Waals surface area contributed by atoms with E-state index in [1.54, 1.807) is 0 Å². The van der Waals surface area contributed by atoms with Crippen molar-refractivity contribution < 1.29 is 9.18 Å². The molecule has 1 aliphatic heterocycles. The highest BCUT2D eigenvalue weighted by Crippen LogP contribution is 2.31. The Balaban J connectivity index is 1.36. The molecule has 1 heterocycles. The number of carbonyl (C=O) groups excluding carboxylic acids is 1. The van der Waals surface area contributed by atoms with Crippen LogP contribution in [0.15, 0.2) is 72.8 Å². The van der Waals surface area contributed by atoms with Crippen LogP contribution in [0.3, 0.4) is 0 Å². The van der Waals surface area contributed by atoms with Crippen LogP contribution in [-0.4, -0.2) is 23.9 Å². The van der Waals surface area contributed by atoms with Gasteiger partial charge < -0.3 is 5.32 Å². The van der Waals surface area contributed by atoms with Gasteiger partial charge in [-0.25, -0.2) is 4.39 Å². The second-order valence-electron chi connectivity index (χ2n) is 8.57. The summed E-state index contributed by atoms with van der Waals surface area (Å²) in [5, 5.41) is 3.14. The first-order chi connectivity index (χ1) is 15.6. The summed E-state index contributed by atoms with van der Waals surface area (Å²) >= 11 is 0. The van der Waals surface area contributed by atoms with E-state index in [1.165, 1.54) is 23.3 Å². The van der Waals surface area contributed by atoms with Gasteiger partial charge in [-0.05, 0) is 78.7 Å². The van der Waals surface area contributed by atoms with Crippen molar-refractivity contribution >= 4 is 5.91 Å². The number of amides is 1. The standard InChI is InChI=1S/C28H31FN2O/c1-2-22-7-3-6-10-27(22)28(32)30-19-24-8-4-5-9-26(24)23-15-17-31(18-16-23)20-21-11-13-25(29)14-12-21/h3-14,23H,2,15-20H2,1H3,(H,30,32). The molecule has 4 rings (SSSR count). The largest absolute Gasteiger partial charge is 0.348 e. The molecular formula is C28H31FN2O. The number of rotatable bonds is 7. The van der Waals surface area contributed by atoms with Crippen molar-refractivity contribution in [3.63, 3.8) is 0 Å². The molecule has 0 saturated carbocycles. The molecule has 1 amide bonds. The molecule has 1 aliphatic rings. The van der Waals surface area contributed by atoms with Crippen molar-refractivity contribution in [2.24, 2.45) is 0 Å². The molecule has 3 aromatic rings. The van der Waals surface area contributed by atoms with Crippen LogP contribution in [0.25, 0.3) is 0 Å². The topological polar surface area (TPSA) is 32.3 Å². The van der Waals surface area contributed by atoms with Gasteiger partial charge in [-0.3, -0.25) is 9.69 Å². The Kier molecular flexibility index (Phi) is 7.33. The van der Waals surface area contributed by atoms with E-state index >= 15 is 0 Å². The van der Waals surface area contributed by atoms with Crippen LogP contribution in [-0.2, 0) is 19.5 Å². The van der Waals surface area contributed by atoms with Gasteiger partial charge in [0.1, 0.15) is 5.82 Å². The summed E-state index contributed by atoms with van der Waals surface area (Å²) in [4.78, 5) is 15.2. The second-order valence-corrected chi connectivity index (χ2v) is 8.57. The van der Waals surface area contributed by atoms with Gasteiger partial charge in [0, 0.05) is 18.7 Å². The van der Waals surface area contributed by atoms with Gasteiger partial charge in [-0.15, -0.1) is 0 Å². The molecular weight excluding hydrogens is 399 g/mol. The first-order valence-electron chi connectivity index (χ1n) is 11.5. The number of piperidine rings is 1. The first-order valence-corrected chi connectivity index (χ1v) is 11.5. The maximum absolute atomic E-state index is 13.1. The second kappa shape index (κ2) is 10.6. The van der Waals surface area contributed by atoms with Crippen LogP contribution in [0.1, 0.15) is 58.3 Å². The Labute approximate surface area is 190 Å². The summed E-state index contributed by atoms with van der Waals surface area (Å²) in [7, 11) is 0. The van der Waals surface area contributed by atoms with Crippen LogP contribution >= 0.6 is 0 Å². The predicted octanol–water partition coefficient (Wildman–Crippen LogP) is 5.70. The Bertz CT molecular complexity index is 1040. The van der Waals surface area contributed by atoms with Crippen molar-refractivity contribution in [1.82, 2.24) is 10.2 Å². The van der Waals surface area contributed by atoms with E-state index in [9.17, 15) is 9.18 Å². The molecule has 0 aromatic heterocycles. The third-order valence-corrected chi connectivity index (χ3v) is 6.48. The third kappa shape index (κ3) is 5.43. The molecule has 32 heavy (non-hydrogen) atoms.